The van der Waals surface area contributed by atoms with Gasteiger partial charge < -0.3 is 40.8 Å². The third kappa shape index (κ3) is 9.54. The second-order valence-electron chi connectivity index (χ2n) is 12.1. The van der Waals surface area contributed by atoms with E-state index in [1.54, 1.807) is 18.2 Å². The third-order valence-electron chi connectivity index (χ3n) is 7.72. The Morgan fingerprint density at radius 1 is 1.13 bits per heavy atom. The Hall–Kier alpha value is -3.41. The number of ether oxygens (including phenoxy) is 3. The summed E-state index contributed by atoms with van der Waals surface area (Å²) in [6.45, 7) is 6.25. The van der Waals surface area contributed by atoms with Crippen LogP contribution in [0.5, 0.6) is 11.5 Å². The van der Waals surface area contributed by atoms with Gasteiger partial charge in [-0.2, -0.15) is 0 Å². The first-order valence-electron chi connectivity index (χ1n) is 15.4. The van der Waals surface area contributed by atoms with Crippen LogP contribution in [-0.4, -0.2) is 74.1 Å². The predicted molar refractivity (Wildman–Crippen MR) is 172 cm³/mol. The van der Waals surface area contributed by atoms with E-state index in [1.165, 1.54) is 0 Å². The summed E-state index contributed by atoms with van der Waals surface area (Å²) in [5.74, 6) is -0.956. The lowest BCUT2D eigenvalue weighted by Gasteiger charge is -2.40. The van der Waals surface area contributed by atoms with Gasteiger partial charge in [0.05, 0.1) is 37.0 Å². The van der Waals surface area contributed by atoms with E-state index in [0.717, 1.165) is 6.42 Å². The summed E-state index contributed by atoms with van der Waals surface area (Å²) in [4.78, 5) is 26.4. The van der Waals surface area contributed by atoms with Gasteiger partial charge in [0.25, 0.3) is 0 Å². The maximum atomic E-state index is 13.6. The van der Waals surface area contributed by atoms with E-state index in [0.29, 0.717) is 84.6 Å². The topological polar surface area (TPSA) is 152 Å². The fourth-order valence-corrected chi connectivity index (χ4v) is 5.91. The summed E-state index contributed by atoms with van der Waals surface area (Å²) in [5, 5.41) is 27.5. The van der Waals surface area contributed by atoms with Crippen molar-refractivity contribution in [2.75, 3.05) is 46.1 Å². The molecule has 45 heavy (non-hydrogen) atoms. The molecule has 0 amide bonds. The zero-order valence-electron chi connectivity index (χ0n) is 25.9. The molecular formula is C34H44ClN3O7. The number of dihydropyridines is 1. The Balaban J connectivity index is 1.44. The van der Waals surface area contributed by atoms with Crippen molar-refractivity contribution in [3.8, 4) is 11.5 Å². The monoisotopic (exact) mass is 641 g/mol. The number of hydrogen-bond donors (Lipinski definition) is 5. The number of hydrogen-bond acceptors (Lipinski definition) is 9. The summed E-state index contributed by atoms with van der Waals surface area (Å²) in [7, 11) is 0. The fraction of sp³-hybridized carbons (Fsp3) is 0.471. The lowest BCUT2D eigenvalue weighted by molar-refractivity contribution is -0.133. The molecule has 0 saturated heterocycles. The number of unbranched alkanes of at least 4 members (excludes halogenated alkanes) is 1. The first kappa shape index (κ1) is 34.5. The first-order valence-corrected chi connectivity index (χ1v) is 15.7. The summed E-state index contributed by atoms with van der Waals surface area (Å²) < 4.78 is 17.4. The molecule has 244 valence electrons. The molecule has 1 heterocycles. The van der Waals surface area contributed by atoms with E-state index in [4.69, 9.17) is 31.5 Å². The number of nitrogens with two attached hydrogens (primary N) is 1. The third-order valence-corrected chi connectivity index (χ3v) is 7.95. The zero-order chi connectivity index (χ0) is 32.4. The number of carboxylic acids is 1. The van der Waals surface area contributed by atoms with Gasteiger partial charge in [-0.15, -0.1) is 0 Å². The number of carbonyl (C=O) groups is 2. The van der Waals surface area contributed by atoms with Crippen LogP contribution in [0.2, 0.25) is 5.02 Å². The van der Waals surface area contributed by atoms with E-state index in [-0.39, 0.29) is 36.6 Å². The smallest absolute Gasteiger partial charge is 0.334 e. The number of aliphatic carboxylic acids is 1. The number of rotatable bonds is 17. The molecule has 2 aromatic rings. The van der Waals surface area contributed by atoms with Gasteiger partial charge in [0.15, 0.2) is 5.78 Å². The van der Waals surface area contributed by atoms with Crippen LogP contribution in [0.3, 0.4) is 0 Å². The normalized spacial score (nSPS) is 18.3. The van der Waals surface area contributed by atoms with Crippen molar-refractivity contribution in [1.82, 2.24) is 10.6 Å². The Morgan fingerprint density at radius 2 is 1.91 bits per heavy atom. The summed E-state index contributed by atoms with van der Waals surface area (Å²) in [6.07, 6.45) is 1.73. The van der Waals surface area contributed by atoms with Crippen LogP contribution in [0.1, 0.15) is 51.0 Å². The summed E-state index contributed by atoms with van der Waals surface area (Å²) in [5.41, 5.74) is 7.39. The summed E-state index contributed by atoms with van der Waals surface area (Å²) in [6, 6.07) is 14.5. The van der Waals surface area contributed by atoms with Gasteiger partial charge in [0.2, 0.25) is 0 Å². The van der Waals surface area contributed by atoms with Crippen molar-refractivity contribution in [2.45, 2.75) is 51.6 Å². The van der Waals surface area contributed by atoms with Crippen molar-refractivity contribution in [2.24, 2.45) is 11.1 Å². The maximum Gasteiger partial charge on any atom is 0.334 e. The van der Waals surface area contributed by atoms with Crippen molar-refractivity contribution in [1.29, 1.82) is 0 Å². The van der Waals surface area contributed by atoms with Gasteiger partial charge >= 0.3 is 5.97 Å². The highest BCUT2D eigenvalue weighted by Gasteiger charge is 2.44. The van der Waals surface area contributed by atoms with Crippen LogP contribution in [0, 0.1) is 5.41 Å². The lowest BCUT2D eigenvalue weighted by Crippen LogP contribution is -2.40. The molecule has 0 spiro atoms. The number of ketones is 1. The highest BCUT2D eigenvalue weighted by atomic mass is 35.5. The van der Waals surface area contributed by atoms with Crippen molar-refractivity contribution < 1.29 is 34.0 Å². The van der Waals surface area contributed by atoms with Gasteiger partial charge in [-0.05, 0) is 61.6 Å². The van der Waals surface area contributed by atoms with Crippen LogP contribution in [0.4, 0.5) is 0 Å². The second kappa shape index (κ2) is 16.2. The molecule has 2 aliphatic rings. The van der Waals surface area contributed by atoms with Gasteiger partial charge in [0, 0.05) is 41.4 Å². The number of allylic oxidation sites excluding steroid dienone is 2. The molecule has 10 nitrogen and oxygen atoms in total. The average molecular weight is 642 g/mol. The van der Waals surface area contributed by atoms with Crippen LogP contribution in [0.15, 0.2) is 71.1 Å². The molecule has 0 fully saturated rings. The minimum Gasteiger partial charge on any atom is -0.493 e. The Labute approximate surface area is 269 Å². The molecule has 1 aliphatic heterocycles. The van der Waals surface area contributed by atoms with Crippen LogP contribution in [0.25, 0.3) is 0 Å². The van der Waals surface area contributed by atoms with E-state index < -0.39 is 18.0 Å². The molecular weight excluding hydrogens is 598 g/mol. The van der Waals surface area contributed by atoms with Gasteiger partial charge in [0.1, 0.15) is 24.2 Å². The van der Waals surface area contributed by atoms with E-state index >= 15 is 0 Å². The lowest BCUT2D eigenvalue weighted by atomic mass is 9.68. The van der Waals surface area contributed by atoms with Crippen LogP contribution in [-0.2, 0) is 14.3 Å². The van der Waals surface area contributed by atoms with Gasteiger partial charge in [-0.1, -0.05) is 43.6 Å². The number of para-hydroxylation sites is 1. The van der Waals surface area contributed by atoms with Gasteiger partial charge in [-0.3, -0.25) is 4.79 Å². The molecule has 0 saturated carbocycles. The standard InChI is InChI=1S/C34H44ClN3O7/c1-34(2)17-26-31(28(40)18-34)30(32(33(41)42)27(38-26)21-43-15-12-36)25-16-22(35)10-11-29(25)44-14-7-6-13-37-19-23(39)20-45-24-8-4-3-5-9-24/h3-5,8-11,16,23,30,37-39H,6-7,12-15,17-21,36H2,1-2H3,(H,41,42). The highest BCUT2D eigenvalue weighted by Crippen LogP contribution is 2.49. The predicted octanol–water partition coefficient (Wildman–Crippen LogP) is 4.17. The fourth-order valence-electron chi connectivity index (χ4n) is 5.73. The molecule has 4 rings (SSSR count). The minimum atomic E-state index is -1.16. The molecule has 0 bridgehead atoms. The molecule has 2 atom stereocenters. The number of benzene rings is 2. The van der Waals surface area contributed by atoms with E-state index in [9.17, 15) is 19.8 Å². The zero-order valence-corrected chi connectivity index (χ0v) is 26.7. The Morgan fingerprint density at radius 3 is 2.64 bits per heavy atom. The average Bonchev–Trinajstić information content (AvgIpc) is 2.99. The first-order chi connectivity index (χ1) is 21.6. The largest absolute Gasteiger partial charge is 0.493 e. The molecule has 6 N–H and O–H groups in total. The van der Waals surface area contributed by atoms with Crippen LogP contribution >= 0.6 is 11.6 Å². The molecule has 2 unspecified atom stereocenters. The second-order valence-corrected chi connectivity index (χ2v) is 12.6. The van der Waals surface area contributed by atoms with Gasteiger partial charge in [-0.25, -0.2) is 4.79 Å². The number of carbonyl (C=O) groups excluding carboxylic acids is 1. The Bertz CT molecular complexity index is 1390. The minimum absolute atomic E-state index is 0.0115. The highest BCUT2D eigenvalue weighted by molar-refractivity contribution is 6.30. The number of Topliss-reactive ketones (excluding diaryl/α,β-unsaturated/α-hetero) is 1. The van der Waals surface area contributed by atoms with E-state index in [2.05, 4.69) is 10.6 Å². The SMILES string of the molecule is CC1(C)CC(=O)C2=C(C1)NC(COCCN)=C(C(=O)O)C2c1cc(Cl)ccc1OCCCCNCC(O)COc1ccccc1. The number of carboxylic acid groups (broad SMARTS) is 1. The molecule has 11 heteroatoms. The number of aliphatic hydroxyl groups is 1. The van der Waals surface area contributed by atoms with Crippen molar-refractivity contribution in [3.63, 3.8) is 0 Å². The maximum absolute atomic E-state index is 13.6. The molecule has 0 radical (unpaired) electrons. The number of aliphatic hydroxyl groups excluding tert-OH is 1. The van der Waals surface area contributed by atoms with E-state index in [1.807, 2.05) is 44.2 Å². The molecule has 2 aromatic carbocycles. The quantitative estimate of drug-likeness (QED) is 0.159. The van der Waals surface area contributed by atoms with Crippen molar-refractivity contribution >= 4 is 23.4 Å². The van der Waals surface area contributed by atoms with Crippen LogP contribution < -0.4 is 25.8 Å². The van der Waals surface area contributed by atoms with Crippen molar-refractivity contribution in [3.05, 3.63) is 81.7 Å². The number of nitrogens with one attached hydrogen (secondary N) is 2. The molecule has 1 aliphatic carbocycles. The number of halogens is 1. The Kier molecular flexibility index (Phi) is 12.4. The molecule has 0 aromatic heterocycles. The summed E-state index contributed by atoms with van der Waals surface area (Å²) >= 11 is 6.45.